The number of aromatic nitrogens is 1. The average Bonchev–Trinajstić information content (AvgIpc) is 3.18. The predicted octanol–water partition coefficient (Wildman–Crippen LogP) is 6.58. The Kier molecular flexibility index (Phi) is 8.36. The van der Waals surface area contributed by atoms with Crippen molar-refractivity contribution in [3.63, 3.8) is 0 Å². The Bertz CT molecular complexity index is 983. The van der Waals surface area contributed by atoms with Gasteiger partial charge in [-0.1, -0.05) is 74.6 Å². The summed E-state index contributed by atoms with van der Waals surface area (Å²) in [7, 11) is 0. The fraction of sp³-hybridized carbons (Fsp3) is 0.464. The van der Waals surface area contributed by atoms with Crippen molar-refractivity contribution < 1.29 is 4.57 Å². The molecule has 0 spiro atoms. The molecule has 2 aliphatic rings. The summed E-state index contributed by atoms with van der Waals surface area (Å²) in [6, 6.07) is 8.88. The van der Waals surface area contributed by atoms with E-state index in [2.05, 4.69) is 71.2 Å². The Morgan fingerprint density at radius 2 is 1.91 bits per heavy atom. The lowest BCUT2D eigenvalue weighted by atomic mass is 9.99. The molecule has 170 valence electrons. The topological polar surface area (TPSA) is 33.1 Å². The number of anilines is 1. The van der Waals surface area contributed by atoms with E-state index in [1.54, 1.807) is 0 Å². The van der Waals surface area contributed by atoms with E-state index in [1.165, 1.54) is 70.9 Å². The second-order valence-corrected chi connectivity index (χ2v) is 9.99. The van der Waals surface area contributed by atoms with Gasteiger partial charge in [-0.15, -0.1) is 0 Å². The number of allylic oxidation sites excluding steroid dienone is 3. The summed E-state index contributed by atoms with van der Waals surface area (Å²) in [4.78, 5) is 3.95. The van der Waals surface area contributed by atoms with Crippen molar-refractivity contribution in [3.8, 4) is 0 Å². The largest absolute Gasteiger partial charge is 0.347 e. The number of rotatable bonds is 11. The molecule has 4 rings (SSSR count). The van der Waals surface area contributed by atoms with Crippen molar-refractivity contribution in [1.29, 1.82) is 0 Å². The molecule has 1 aromatic carbocycles. The van der Waals surface area contributed by atoms with Crippen molar-refractivity contribution in [2.45, 2.75) is 71.3 Å². The SMILES string of the molecule is CCCCCCCCN1C=C/C(=C\c2sc3c([n+]2CCCN)C=CCC3)c2ccccc21. The van der Waals surface area contributed by atoms with Crippen LogP contribution in [0.4, 0.5) is 5.69 Å². The highest BCUT2D eigenvalue weighted by molar-refractivity contribution is 7.12. The maximum Gasteiger partial charge on any atom is 0.263 e. The molecule has 0 bridgehead atoms. The van der Waals surface area contributed by atoms with Crippen LogP contribution < -0.4 is 15.2 Å². The van der Waals surface area contributed by atoms with Gasteiger partial charge in [-0.3, -0.25) is 0 Å². The van der Waals surface area contributed by atoms with Crippen LogP contribution in [0.1, 0.15) is 79.4 Å². The Labute approximate surface area is 198 Å². The molecule has 0 unspecified atom stereocenters. The predicted molar refractivity (Wildman–Crippen MR) is 140 cm³/mol. The van der Waals surface area contributed by atoms with Crippen LogP contribution in [-0.2, 0) is 13.0 Å². The van der Waals surface area contributed by atoms with Crippen LogP contribution in [0.5, 0.6) is 0 Å². The van der Waals surface area contributed by atoms with Crippen LogP contribution in [0.25, 0.3) is 17.7 Å². The third-order valence-corrected chi connectivity index (χ3v) is 7.67. The van der Waals surface area contributed by atoms with Crippen LogP contribution in [0, 0.1) is 0 Å². The van der Waals surface area contributed by atoms with Crippen molar-refractivity contribution in [3.05, 3.63) is 63.8 Å². The number of benzene rings is 1. The van der Waals surface area contributed by atoms with E-state index in [4.69, 9.17) is 5.73 Å². The lowest BCUT2D eigenvalue weighted by molar-refractivity contribution is -0.695. The second-order valence-electron chi connectivity index (χ2n) is 8.88. The van der Waals surface area contributed by atoms with E-state index in [0.717, 1.165) is 38.9 Å². The van der Waals surface area contributed by atoms with Crippen LogP contribution >= 0.6 is 11.3 Å². The fourth-order valence-electron chi connectivity index (χ4n) is 4.69. The van der Waals surface area contributed by atoms with Crippen LogP contribution in [0.15, 0.2) is 42.6 Å². The van der Waals surface area contributed by atoms with Gasteiger partial charge in [0.05, 0.1) is 4.88 Å². The third kappa shape index (κ3) is 5.41. The van der Waals surface area contributed by atoms with Gasteiger partial charge in [-0.2, -0.15) is 4.57 Å². The maximum atomic E-state index is 5.85. The fourth-order valence-corrected chi connectivity index (χ4v) is 5.93. The van der Waals surface area contributed by atoms with Gasteiger partial charge in [0.25, 0.3) is 5.01 Å². The Balaban J connectivity index is 1.55. The van der Waals surface area contributed by atoms with Gasteiger partial charge in [0.15, 0.2) is 6.54 Å². The van der Waals surface area contributed by atoms with Gasteiger partial charge >= 0.3 is 0 Å². The van der Waals surface area contributed by atoms with Crippen molar-refractivity contribution in [2.24, 2.45) is 5.73 Å². The molecule has 1 aromatic heterocycles. The maximum absolute atomic E-state index is 5.85. The molecule has 0 radical (unpaired) electrons. The number of fused-ring (bicyclic) bond motifs is 2. The van der Waals surface area contributed by atoms with Crippen molar-refractivity contribution >= 4 is 34.7 Å². The van der Waals surface area contributed by atoms with E-state index in [1.807, 2.05) is 11.3 Å². The quantitative estimate of drug-likeness (QED) is 0.311. The van der Waals surface area contributed by atoms with Gasteiger partial charge in [0, 0.05) is 42.6 Å². The summed E-state index contributed by atoms with van der Waals surface area (Å²) in [5.41, 5.74) is 11.2. The zero-order chi connectivity index (χ0) is 22.2. The van der Waals surface area contributed by atoms with Crippen LogP contribution in [0.2, 0.25) is 0 Å². The first kappa shape index (κ1) is 23.0. The van der Waals surface area contributed by atoms with Gasteiger partial charge in [0.1, 0.15) is 0 Å². The van der Waals surface area contributed by atoms with Gasteiger partial charge < -0.3 is 10.6 Å². The first-order valence-corrected chi connectivity index (χ1v) is 13.3. The van der Waals surface area contributed by atoms with E-state index in [-0.39, 0.29) is 0 Å². The summed E-state index contributed by atoms with van der Waals surface area (Å²) >= 11 is 1.95. The summed E-state index contributed by atoms with van der Waals surface area (Å²) < 4.78 is 2.48. The van der Waals surface area contributed by atoms with Crippen LogP contribution in [0.3, 0.4) is 0 Å². The first-order chi connectivity index (χ1) is 15.8. The molecule has 3 nitrogen and oxygen atoms in total. The lowest BCUT2D eigenvalue weighted by Gasteiger charge is -2.27. The molecule has 1 aliphatic heterocycles. The minimum absolute atomic E-state index is 0.730. The molecule has 0 atom stereocenters. The summed E-state index contributed by atoms with van der Waals surface area (Å²) in [6.07, 6.45) is 22.9. The molecule has 0 saturated carbocycles. The van der Waals surface area contributed by atoms with E-state index < -0.39 is 0 Å². The van der Waals surface area contributed by atoms with Gasteiger partial charge in [-0.25, -0.2) is 0 Å². The number of unbranched alkanes of at least 4 members (excludes halogenated alkanes) is 5. The molecule has 32 heavy (non-hydrogen) atoms. The Morgan fingerprint density at radius 3 is 2.78 bits per heavy atom. The zero-order valence-corrected chi connectivity index (χ0v) is 20.4. The standard InChI is InChI=1S/C28H38N3S/c1-2-3-4-5-6-11-19-30-21-17-23(24-13-7-8-14-25(24)30)22-28-31(20-12-18-29)26-15-9-10-16-27(26)32-28/h7-9,13-15,17,21-22H,2-6,10-12,16,18-20,29H2,1H3/q+1. The average molecular weight is 449 g/mol. The van der Waals surface area contributed by atoms with E-state index in [0.29, 0.717) is 0 Å². The zero-order valence-electron chi connectivity index (χ0n) is 19.6. The Morgan fingerprint density at radius 1 is 1.06 bits per heavy atom. The number of thiazole rings is 1. The number of hydrogen-bond acceptors (Lipinski definition) is 3. The number of nitrogens with two attached hydrogens (primary N) is 1. The highest BCUT2D eigenvalue weighted by Crippen LogP contribution is 2.35. The minimum Gasteiger partial charge on any atom is -0.347 e. The molecule has 0 amide bonds. The number of hydrogen-bond donors (Lipinski definition) is 1. The smallest absolute Gasteiger partial charge is 0.263 e. The summed E-state index contributed by atoms with van der Waals surface area (Å²) in [5, 5.41) is 1.34. The Hall–Kier alpha value is -2.17. The van der Waals surface area contributed by atoms with E-state index in [9.17, 15) is 0 Å². The molecule has 2 heterocycles. The lowest BCUT2D eigenvalue weighted by Crippen LogP contribution is -2.39. The first-order valence-electron chi connectivity index (χ1n) is 12.5. The normalized spacial score (nSPS) is 15.9. The highest BCUT2D eigenvalue weighted by Gasteiger charge is 2.25. The summed E-state index contributed by atoms with van der Waals surface area (Å²) in [5.74, 6) is 0. The molecule has 4 heteroatoms. The molecular weight excluding hydrogens is 410 g/mol. The minimum atomic E-state index is 0.730. The number of nitrogens with zero attached hydrogens (tertiary/aromatic N) is 2. The molecular formula is C28H38N3S+. The number of aryl methyl sites for hydroxylation is 1. The van der Waals surface area contributed by atoms with Crippen molar-refractivity contribution in [1.82, 2.24) is 0 Å². The number of para-hydroxylation sites is 1. The van der Waals surface area contributed by atoms with Crippen molar-refractivity contribution in [2.75, 3.05) is 18.0 Å². The highest BCUT2D eigenvalue weighted by atomic mass is 32.1. The van der Waals surface area contributed by atoms with Gasteiger partial charge in [0.2, 0.25) is 5.69 Å². The molecule has 2 aromatic rings. The molecule has 0 saturated heterocycles. The molecule has 2 N–H and O–H groups in total. The van der Waals surface area contributed by atoms with E-state index >= 15 is 0 Å². The second kappa shape index (κ2) is 11.6. The monoisotopic (exact) mass is 448 g/mol. The summed E-state index contributed by atoms with van der Waals surface area (Å²) in [6.45, 7) is 5.10. The molecule has 0 fully saturated rings. The van der Waals surface area contributed by atoms with Gasteiger partial charge in [-0.05, 0) is 43.5 Å². The molecule has 1 aliphatic carbocycles. The third-order valence-electron chi connectivity index (χ3n) is 6.46. The van der Waals surface area contributed by atoms with Crippen LogP contribution in [-0.4, -0.2) is 13.1 Å².